The van der Waals surface area contributed by atoms with Crippen LogP contribution in [0, 0.1) is 5.92 Å². The highest BCUT2D eigenvalue weighted by Crippen LogP contribution is 2.20. The Balaban J connectivity index is 2.40. The lowest BCUT2D eigenvalue weighted by Crippen LogP contribution is -2.49. The molecule has 0 radical (unpaired) electrons. The van der Waals surface area contributed by atoms with E-state index in [1.54, 1.807) is 19.0 Å². The van der Waals surface area contributed by atoms with E-state index in [1.165, 1.54) is 0 Å². The van der Waals surface area contributed by atoms with Crippen molar-refractivity contribution in [2.24, 2.45) is 5.92 Å². The lowest BCUT2D eigenvalue weighted by atomic mass is 9.94. The third kappa shape index (κ3) is 4.49. The molecule has 0 aromatic carbocycles. The van der Waals surface area contributed by atoms with Crippen LogP contribution >= 0.6 is 0 Å². The van der Waals surface area contributed by atoms with Gasteiger partial charge in [0.1, 0.15) is 0 Å². The number of amides is 2. The standard InChI is InChI=1S/C14H27N3O2/c1-5-8-15-13(18)11(2)17-9-6-12(7-10-17)14(19)16(3)4/h11-12H,5-10H2,1-4H3,(H,15,18). The molecule has 0 aliphatic carbocycles. The van der Waals surface area contributed by atoms with Crippen LogP contribution in [0.4, 0.5) is 0 Å². The van der Waals surface area contributed by atoms with Crippen molar-refractivity contribution in [3.8, 4) is 0 Å². The molecule has 0 saturated carbocycles. The summed E-state index contributed by atoms with van der Waals surface area (Å²) < 4.78 is 0. The summed E-state index contributed by atoms with van der Waals surface area (Å²) >= 11 is 0. The maximum atomic E-state index is 11.9. The molecule has 0 spiro atoms. The predicted molar refractivity (Wildman–Crippen MR) is 75.8 cm³/mol. The van der Waals surface area contributed by atoms with Crippen molar-refractivity contribution in [1.29, 1.82) is 0 Å². The SMILES string of the molecule is CCCNC(=O)C(C)N1CCC(C(=O)N(C)C)CC1. The fourth-order valence-corrected chi connectivity index (χ4v) is 2.46. The van der Waals surface area contributed by atoms with E-state index in [2.05, 4.69) is 10.2 Å². The molecule has 1 unspecified atom stereocenters. The highest BCUT2D eigenvalue weighted by atomic mass is 16.2. The molecule has 1 fully saturated rings. The molecule has 1 saturated heterocycles. The van der Waals surface area contributed by atoms with Gasteiger partial charge in [-0.25, -0.2) is 0 Å². The van der Waals surface area contributed by atoms with Crippen molar-refractivity contribution in [2.45, 2.75) is 39.2 Å². The highest BCUT2D eigenvalue weighted by Gasteiger charge is 2.30. The Morgan fingerprint density at radius 3 is 2.37 bits per heavy atom. The molecule has 1 atom stereocenters. The fraction of sp³-hybridized carbons (Fsp3) is 0.857. The summed E-state index contributed by atoms with van der Waals surface area (Å²) in [5, 5.41) is 2.93. The molecule has 0 aromatic rings. The summed E-state index contributed by atoms with van der Waals surface area (Å²) in [6.45, 7) is 6.37. The summed E-state index contributed by atoms with van der Waals surface area (Å²) in [6.07, 6.45) is 2.66. The second-order valence-corrected chi connectivity index (χ2v) is 5.51. The van der Waals surface area contributed by atoms with E-state index in [0.29, 0.717) is 0 Å². The zero-order valence-electron chi connectivity index (χ0n) is 12.6. The van der Waals surface area contributed by atoms with Gasteiger partial charge in [0.15, 0.2) is 0 Å². The van der Waals surface area contributed by atoms with Crippen LogP contribution in [-0.2, 0) is 9.59 Å². The van der Waals surface area contributed by atoms with E-state index in [1.807, 2.05) is 13.8 Å². The number of hydrogen-bond acceptors (Lipinski definition) is 3. The van der Waals surface area contributed by atoms with Gasteiger partial charge in [-0.15, -0.1) is 0 Å². The first-order valence-electron chi connectivity index (χ1n) is 7.20. The van der Waals surface area contributed by atoms with Gasteiger partial charge >= 0.3 is 0 Å². The predicted octanol–water partition coefficient (Wildman–Crippen LogP) is 0.701. The molecular formula is C14H27N3O2. The number of hydrogen-bond donors (Lipinski definition) is 1. The first kappa shape index (κ1) is 16.0. The zero-order valence-corrected chi connectivity index (χ0v) is 12.6. The maximum absolute atomic E-state index is 11.9. The Labute approximate surface area is 116 Å². The van der Waals surface area contributed by atoms with E-state index >= 15 is 0 Å². The highest BCUT2D eigenvalue weighted by molar-refractivity contribution is 5.81. The molecule has 110 valence electrons. The Morgan fingerprint density at radius 2 is 1.89 bits per heavy atom. The molecule has 2 amide bonds. The lowest BCUT2D eigenvalue weighted by molar-refractivity contribution is -0.135. The quantitative estimate of drug-likeness (QED) is 0.799. The first-order valence-corrected chi connectivity index (χ1v) is 7.20. The van der Waals surface area contributed by atoms with E-state index in [4.69, 9.17) is 0 Å². The average Bonchev–Trinajstić information content (AvgIpc) is 2.43. The van der Waals surface area contributed by atoms with Crippen LogP contribution < -0.4 is 5.32 Å². The van der Waals surface area contributed by atoms with Crippen molar-refractivity contribution in [3.63, 3.8) is 0 Å². The summed E-state index contributed by atoms with van der Waals surface area (Å²) in [4.78, 5) is 27.6. The van der Waals surface area contributed by atoms with Gasteiger partial charge in [0.25, 0.3) is 0 Å². The molecule has 5 nitrogen and oxygen atoms in total. The Kier molecular flexibility index (Phi) is 6.28. The van der Waals surface area contributed by atoms with E-state index in [9.17, 15) is 9.59 Å². The van der Waals surface area contributed by atoms with E-state index in [-0.39, 0.29) is 23.8 Å². The van der Waals surface area contributed by atoms with Crippen LogP contribution in [0.1, 0.15) is 33.1 Å². The van der Waals surface area contributed by atoms with Gasteiger partial charge in [0, 0.05) is 26.6 Å². The largest absolute Gasteiger partial charge is 0.355 e. The van der Waals surface area contributed by atoms with E-state index < -0.39 is 0 Å². The third-order valence-corrected chi connectivity index (χ3v) is 3.80. The maximum Gasteiger partial charge on any atom is 0.237 e. The smallest absolute Gasteiger partial charge is 0.237 e. The summed E-state index contributed by atoms with van der Waals surface area (Å²) in [7, 11) is 3.60. The molecular weight excluding hydrogens is 242 g/mol. The lowest BCUT2D eigenvalue weighted by Gasteiger charge is -2.35. The fourth-order valence-electron chi connectivity index (χ4n) is 2.46. The molecule has 1 aliphatic rings. The molecule has 1 rings (SSSR count). The average molecular weight is 269 g/mol. The second kappa shape index (κ2) is 7.48. The van der Waals surface area contributed by atoms with Crippen LogP contribution in [0.25, 0.3) is 0 Å². The van der Waals surface area contributed by atoms with Crippen molar-refractivity contribution in [1.82, 2.24) is 15.1 Å². The van der Waals surface area contributed by atoms with Crippen LogP contribution in [0.5, 0.6) is 0 Å². The van der Waals surface area contributed by atoms with Crippen molar-refractivity contribution < 1.29 is 9.59 Å². The van der Waals surface area contributed by atoms with Gasteiger partial charge < -0.3 is 10.2 Å². The number of carbonyl (C=O) groups is 2. The van der Waals surface area contributed by atoms with Gasteiger partial charge in [-0.3, -0.25) is 14.5 Å². The van der Waals surface area contributed by atoms with Crippen molar-refractivity contribution in [3.05, 3.63) is 0 Å². The minimum absolute atomic E-state index is 0.0954. The topological polar surface area (TPSA) is 52.7 Å². The van der Waals surface area contributed by atoms with Crippen LogP contribution in [0.3, 0.4) is 0 Å². The summed E-state index contributed by atoms with van der Waals surface area (Å²) in [6, 6.07) is -0.0954. The third-order valence-electron chi connectivity index (χ3n) is 3.80. The Morgan fingerprint density at radius 1 is 1.32 bits per heavy atom. The molecule has 0 bridgehead atoms. The molecule has 0 aromatic heterocycles. The number of likely N-dealkylation sites (tertiary alicyclic amines) is 1. The number of rotatable bonds is 5. The van der Waals surface area contributed by atoms with E-state index in [0.717, 1.165) is 38.9 Å². The normalized spacial score (nSPS) is 18.9. The molecule has 19 heavy (non-hydrogen) atoms. The van der Waals surface area contributed by atoms with Crippen LogP contribution in [0.15, 0.2) is 0 Å². The summed E-state index contributed by atoms with van der Waals surface area (Å²) in [5.74, 6) is 0.430. The van der Waals surface area contributed by atoms with Gasteiger partial charge in [-0.1, -0.05) is 6.92 Å². The minimum Gasteiger partial charge on any atom is -0.355 e. The van der Waals surface area contributed by atoms with Crippen LogP contribution in [0.2, 0.25) is 0 Å². The van der Waals surface area contributed by atoms with Crippen molar-refractivity contribution in [2.75, 3.05) is 33.7 Å². The number of nitrogens with zero attached hydrogens (tertiary/aromatic N) is 2. The van der Waals surface area contributed by atoms with Gasteiger partial charge in [-0.05, 0) is 39.3 Å². The van der Waals surface area contributed by atoms with Gasteiger partial charge in [0.2, 0.25) is 11.8 Å². The zero-order chi connectivity index (χ0) is 14.4. The van der Waals surface area contributed by atoms with Gasteiger partial charge in [0.05, 0.1) is 6.04 Å². The Bertz CT molecular complexity index is 310. The Hall–Kier alpha value is -1.10. The van der Waals surface area contributed by atoms with Crippen LogP contribution in [-0.4, -0.2) is 61.4 Å². The summed E-state index contributed by atoms with van der Waals surface area (Å²) in [5.41, 5.74) is 0. The number of nitrogens with one attached hydrogen (secondary N) is 1. The molecule has 1 aliphatic heterocycles. The number of piperidine rings is 1. The molecule has 1 heterocycles. The molecule has 5 heteroatoms. The van der Waals surface area contributed by atoms with Gasteiger partial charge in [-0.2, -0.15) is 0 Å². The monoisotopic (exact) mass is 269 g/mol. The minimum atomic E-state index is -0.0954. The molecule has 1 N–H and O–H groups in total. The second-order valence-electron chi connectivity index (χ2n) is 5.51. The first-order chi connectivity index (χ1) is 8.97. The van der Waals surface area contributed by atoms with Crippen molar-refractivity contribution >= 4 is 11.8 Å². The number of carbonyl (C=O) groups excluding carboxylic acids is 2.